The van der Waals surface area contributed by atoms with Gasteiger partial charge in [-0.25, -0.2) is 0 Å². The van der Waals surface area contributed by atoms with Crippen LogP contribution in [0.3, 0.4) is 0 Å². The van der Waals surface area contributed by atoms with Crippen LogP contribution in [0.4, 0.5) is 0 Å². The number of rotatable bonds is 5. The van der Waals surface area contributed by atoms with E-state index in [1.54, 1.807) is 24.3 Å². The smallest absolute Gasteiger partial charge is 0.307 e. The number of carboxylic acid groups (broad SMARTS) is 1. The second-order valence-corrected chi connectivity index (χ2v) is 6.02. The van der Waals surface area contributed by atoms with E-state index in [0.29, 0.717) is 5.92 Å². The van der Waals surface area contributed by atoms with Gasteiger partial charge in [-0.15, -0.1) is 0 Å². The van der Waals surface area contributed by atoms with Crippen LogP contribution < -0.4 is 0 Å². The van der Waals surface area contributed by atoms with Crippen molar-refractivity contribution in [2.45, 2.75) is 30.6 Å². The highest BCUT2D eigenvalue weighted by atomic mass is 32.2. The first-order valence-electron chi connectivity index (χ1n) is 5.84. The molecule has 92 valence electrons. The summed E-state index contributed by atoms with van der Waals surface area (Å²) in [6.45, 7) is 0. The molecule has 0 aromatic heterocycles. The molecule has 1 aromatic carbocycles. The van der Waals surface area contributed by atoms with E-state index < -0.39 is 16.8 Å². The Balaban J connectivity index is 1.96. The van der Waals surface area contributed by atoms with E-state index in [2.05, 4.69) is 0 Å². The third-order valence-electron chi connectivity index (χ3n) is 3.15. The van der Waals surface area contributed by atoms with Crippen LogP contribution >= 0.6 is 0 Å². The number of hydrogen-bond acceptors (Lipinski definition) is 2. The number of benzene rings is 1. The second kappa shape index (κ2) is 5.45. The van der Waals surface area contributed by atoms with E-state index in [9.17, 15) is 9.00 Å². The molecule has 0 spiro atoms. The fourth-order valence-corrected chi connectivity index (χ4v) is 3.30. The van der Waals surface area contributed by atoms with Crippen molar-refractivity contribution >= 4 is 16.8 Å². The van der Waals surface area contributed by atoms with Crippen molar-refractivity contribution in [2.24, 2.45) is 5.92 Å². The second-order valence-electron chi connectivity index (χ2n) is 4.52. The Morgan fingerprint density at radius 3 is 2.41 bits per heavy atom. The molecule has 1 N–H and O–H groups in total. The van der Waals surface area contributed by atoms with Gasteiger partial charge in [-0.3, -0.25) is 9.00 Å². The van der Waals surface area contributed by atoms with Gasteiger partial charge >= 0.3 is 5.97 Å². The molecule has 0 heterocycles. The zero-order valence-corrected chi connectivity index (χ0v) is 10.4. The maximum absolute atomic E-state index is 12.0. The summed E-state index contributed by atoms with van der Waals surface area (Å²) in [5, 5.41) is 8.64. The van der Waals surface area contributed by atoms with Gasteiger partial charge in [0.15, 0.2) is 0 Å². The molecule has 1 atom stereocenters. The molecule has 0 radical (unpaired) electrons. The summed E-state index contributed by atoms with van der Waals surface area (Å²) in [6.07, 6.45) is 3.68. The minimum absolute atomic E-state index is 0.0234. The standard InChI is InChI=1S/C13H16O3S/c14-13(15)8-10-4-6-12(7-5-10)17(16)9-11-2-1-3-11/h4-7,11H,1-3,8-9H2,(H,14,15). The molecular formula is C13H16O3S. The summed E-state index contributed by atoms with van der Waals surface area (Å²) in [5.41, 5.74) is 0.752. The number of carbonyl (C=O) groups is 1. The molecule has 1 fully saturated rings. The number of hydrogen-bond donors (Lipinski definition) is 1. The van der Waals surface area contributed by atoms with Crippen molar-refractivity contribution in [1.29, 1.82) is 0 Å². The Labute approximate surface area is 103 Å². The van der Waals surface area contributed by atoms with Crippen LogP contribution in [0, 0.1) is 5.92 Å². The molecule has 1 aromatic rings. The molecule has 3 nitrogen and oxygen atoms in total. The van der Waals surface area contributed by atoms with Gasteiger partial charge in [0.1, 0.15) is 0 Å². The number of aliphatic carboxylic acids is 1. The van der Waals surface area contributed by atoms with E-state index in [-0.39, 0.29) is 6.42 Å². The van der Waals surface area contributed by atoms with Gasteiger partial charge in [-0.1, -0.05) is 18.6 Å². The van der Waals surface area contributed by atoms with Gasteiger partial charge < -0.3 is 5.11 Å². The quantitative estimate of drug-likeness (QED) is 0.874. The van der Waals surface area contributed by atoms with E-state index in [1.165, 1.54) is 19.3 Å². The lowest BCUT2D eigenvalue weighted by molar-refractivity contribution is -0.136. The van der Waals surface area contributed by atoms with Crippen LogP contribution in [0.5, 0.6) is 0 Å². The fourth-order valence-electron chi connectivity index (χ4n) is 1.90. The van der Waals surface area contributed by atoms with Crippen molar-refractivity contribution in [2.75, 3.05) is 5.75 Å². The molecule has 0 bridgehead atoms. The maximum Gasteiger partial charge on any atom is 0.307 e. The van der Waals surface area contributed by atoms with Gasteiger partial charge in [0.25, 0.3) is 0 Å². The normalized spacial score (nSPS) is 17.4. The third-order valence-corrected chi connectivity index (χ3v) is 4.73. The topological polar surface area (TPSA) is 54.4 Å². The average molecular weight is 252 g/mol. The highest BCUT2D eigenvalue weighted by Gasteiger charge is 2.20. The van der Waals surface area contributed by atoms with Crippen LogP contribution in [-0.4, -0.2) is 21.0 Å². The van der Waals surface area contributed by atoms with Crippen molar-refractivity contribution in [3.05, 3.63) is 29.8 Å². The Bertz CT molecular complexity index is 421. The highest BCUT2D eigenvalue weighted by Crippen LogP contribution is 2.28. The summed E-state index contributed by atoms with van der Waals surface area (Å²) in [6, 6.07) is 7.07. The lowest BCUT2D eigenvalue weighted by atomic mass is 9.87. The summed E-state index contributed by atoms with van der Waals surface area (Å²) < 4.78 is 12.0. The third kappa shape index (κ3) is 3.40. The van der Waals surface area contributed by atoms with Crippen LogP contribution in [0.1, 0.15) is 24.8 Å². The van der Waals surface area contributed by atoms with Crippen molar-refractivity contribution in [3.63, 3.8) is 0 Å². The Hall–Kier alpha value is -1.16. The van der Waals surface area contributed by atoms with Gasteiger partial charge in [-0.2, -0.15) is 0 Å². The summed E-state index contributed by atoms with van der Waals surface area (Å²) in [7, 11) is -0.931. The van der Waals surface area contributed by atoms with Gasteiger partial charge in [-0.05, 0) is 36.5 Å². The monoisotopic (exact) mass is 252 g/mol. The Kier molecular flexibility index (Phi) is 3.94. The molecule has 1 aliphatic carbocycles. The Morgan fingerprint density at radius 2 is 1.94 bits per heavy atom. The zero-order chi connectivity index (χ0) is 12.3. The predicted octanol–water partition coefficient (Wildman–Crippen LogP) is 2.22. The summed E-state index contributed by atoms with van der Waals surface area (Å²) >= 11 is 0. The molecule has 4 heteroatoms. The van der Waals surface area contributed by atoms with Gasteiger partial charge in [0.05, 0.1) is 17.2 Å². The SMILES string of the molecule is O=C(O)Cc1ccc(S(=O)CC2CCC2)cc1. The zero-order valence-electron chi connectivity index (χ0n) is 9.59. The van der Waals surface area contributed by atoms with Crippen molar-refractivity contribution < 1.29 is 14.1 Å². The molecule has 1 saturated carbocycles. The molecule has 0 saturated heterocycles. The van der Waals surface area contributed by atoms with E-state index in [4.69, 9.17) is 5.11 Å². The molecule has 0 amide bonds. The minimum Gasteiger partial charge on any atom is -0.481 e. The largest absolute Gasteiger partial charge is 0.481 e. The van der Waals surface area contributed by atoms with Crippen LogP contribution in [0.15, 0.2) is 29.2 Å². The minimum atomic E-state index is -0.931. The average Bonchev–Trinajstić information content (AvgIpc) is 2.23. The van der Waals surface area contributed by atoms with E-state index in [1.807, 2.05) is 0 Å². The molecule has 1 aliphatic rings. The maximum atomic E-state index is 12.0. The highest BCUT2D eigenvalue weighted by molar-refractivity contribution is 7.85. The molecule has 2 rings (SSSR count). The van der Waals surface area contributed by atoms with E-state index in [0.717, 1.165) is 16.2 Å². The van der Waals surface area contributed by atoms with Crippen LogP contribution in [0.2, 0.25) is 0 Å². The molecular weight excluding hydrogens is 236 g/mol. The van der Waals surface area contributed by atoms with E-state index >= 15 is 0 Å². The first-order valence-corrected chi connectivity index (χ1v) is 7.16. The molecule has 0 aliphatic heterocycles. The lowest BCUT2D eigenvalue weighted by Crippen LogP contribution is -2.18. The summed E-state index contributed by atoms with van der Waals surface area (Å²) in [4.78, 5) is 11.3. The van der Waals surface area contributed by atoms with Crippen LogP contribution in [-0.2, 0) is 22.0 Å². The Morgan fingerprint density at radius 1 is 1.29 bits per heavy atom. The first kappa shape index (κ1) is 12.3. The van der Waals surface area contributed by atoms with Gasteiger partial charge in [0, 0.05) is 10.6 Å². The summed E-state index contributed by atoms with van der Waals surface area (Å²) in [5.74, 6) is 0.529. The van der Waals surface area contributed by atoms with Crippen molar-refractivity contribution in [1.82, 2.24) is 0 Å². The van der Waals surface area contributed by atoms with Gasteiger partial charge in [0.2, 0.25) is 0 Å². The first-order chi connectivity index (χ1) is 8.15. The lowest BCUT2D eigenvalue weighted by Gasteiger charge is -2.24. The van der Waals surface area contributed by atoms with Crippen LogP contribution in [0.25, 0.3) is 0 Å². The molecule has 1 unspecified atom stereocenters. The molecule has 17 heavy (non-hydrogen) atoms. The predicted molar refractivity (Wildman–Crippen MR) is 66.4 cm³/mol. The van der Waals surface area contributed by atoms with Crippen molar-refractivity contribution in [3.8, 4) is 0 Å². The number of carboxylic acids is 1. The fraction of sp³-hybridized carbons (Fsp3) is 0.462.